The van der Waals surface area contributed by atoms with Gasteiger partial charge in [-0.3, -0.25) is 14.9 Å². The number of nitrogens with one attached hydrogen (secondary N) is 1. The Hall–Kier alpha value is -3.56. The average Bonchev–Trinajstić information content (AvgIpc) is 2.62. The van der Waals surface area contributed by atoms with E-state index in [9.17, 15) is 28.5 Å². The summed E-state index contributed by atoms with van der Waals surface area (Å²) in [6, 6.07) is 6.23. The number of esters is 1. The van der Waals surface area contributed by atoms with Crippen molar-refractivity contribution < 1.29 is 32.8 Å². The molecule has 0 radical (unpaired) electrons. The van der Waals surface area contributed by atoms with Gasteiger partial charge in [-0.1, -0.05) is 0 Å². The Labute approximate surface area is 151 Å². The standard InChI is InChI=1S/C17H14F2N2O6/c1-9(27-17(23)12-5-4-11(26-2)8-14(12)19)16(22)20-10-3-6-13(18)15(7-10)21(24)25/h3-9H,1-2H3,(H,20,22)/t9-/m1/s1. The van der Waals surface area contributed by atoms with E-state index in [0.717, 1.165) is 30.3 Å². The number of carbonyl (C=O) groups excluding carboxylic acids is 2. The highest BCUT2D eigenvalue weighted by molar-refractivity contribution is 5.97. The molecule has 27 heavy (non-hydrogen) atoms. The van der Waals surface area contributed by atoms with Crippen LogP contribution in [0.2, 0.25) is 0 Å². The van der Waals surface area contributed by atoms with Gasteiger partial charge in [0.25, 0.3) is 5.91 Å². The number of carbonyl (C=O) groups is 2. The third kappa shape index (κ3) is 4.75. The van der Waals surface area contributed by atoms with Crippen LogP contribution in [0.15, 0.2) is 36.4 Å². The Morgan fingerprint density at radius 3 is 2.44 bits per heavy atom. The minimum atomic E-state index is -1.34. The molecule has 1 amide bonds. The second-order valence-electron chi connectivity index (χ2n) is 5.31. The zero-order valence-electron chi connectivity index (χ0n) is 14.2. The van der Waals surface area contributed by atoms with Crippen molar-refractivity contribution in [3.8, 4) is 5.75 Å². The molecule has 0 aliphatic rings. The number of nitrogens with zero attached hydrogens (tertiary/aromatic N) is 1. The molecular formula is C17H14F2N2O6. The summed E-state index contributed by atoms with van der Waals surface area (Å²) in [7, 11) is 1.33. The van der Waals surface area contributed by atoms with Crippen LogP contribution < -0.4 is 10.1 Å². The molecule has 0 aromatic heterocycles. The number of anilines is 1. The van der Waals surface area contributed by atoms with Crippen LogP contribution in [0.3, 0.4) is 0 Å². The lowest BCUT2D eigenvalue weighted by Crippen LogP contribution is -2.30. The van der Waals surface area contributed by atoms with Crippen LogP contribution in [-0.2, 0) is 9.53 Å². The van der Waals surface area contributed by atoms with E-state index in [1.807, 2.05) is 0 Å². The highest BCUT2D eigenvalue weighted by atomic mass is 19.1. The van der Waals surface area contributed by atoms with Crippen LogP contribution in [-0.4, -0.2) is 30.0 Å². The molecule has 2 aromatic rings. The first-order valence-electron chi connectivity index (χ1n) is 7.52. The number of benzene rings is 2. The SMILES string of the molecule is COc1ccc(C(=O)O[C@H](C)C(=O)Nc2ccc(F)c([N+](=O)[O-])c2)c(F)c1. The van der Waals surface area contributed by atoms with E-state index >= 15 is 0 Å². The third-order valence-electron chi connectivity index (χ3n) is 3.46. The van der Waals surface area contributed by atoms with Crippen LogP contribution in [0.4, 0.5) is 20.2 Å². The number of ether oxygens (including phenoxy) is 2. The average molecular weight is 380 g/mol. The number of halogens is 2. The monoisotopic (exact) mass is 380 g/mol. The van der Waals surface area contributed by atoms with Gasteiger partial charge < -0.3 is 14.8 Å². The van der Waals surface area contributed by atoms with Crippen LogP contribution >= 0.6 is 0 Å². The normalized spacial score (nSPS) is 11.4. The molecule has 2 aromatic carbocycles. The molecule has 0 heterocycles. The van der Waals surface area contributed by atoms with Gasteiger partial charge in [0.2, 0.25) is 5.82 Å². The van der Waals surface area contributed by atoms with Crippen molar-refractivity contribution in [2.45, 2.75) is 13.0 Å². The topological polar surface area (TPSA) is 108 Å². The van der Waals surface area contributed by atoms with Crippen molar-refractivity contribution in [1.82, 2.24) is 0 Å². The molecule has 1 atom stereocenters. The molecule has 8 nitrogen and oxygen atoms in total. The van der Waals surface area contributed by atoms with Gasteiger partial charge >= 0.3 is 11.7 Å². The second kappa shape index (κ2) is 8.21. The number of hydrogen-bond acceptors (Lipinski definition) is 6. The summed E-state index contributed by atoms with van der Waals surface area (Å²) in [5.74, 6) is -3.66. The quantitative estimate of drug-likeness (QED) is 0.469. The van der Waals surface area contributed by atoms with Gasteiger partial charge in [-0.2, -0.15) is 4.39 Å². The molecule has 2 rings (SSSR count). The first-order valence-corrected chi connectivity index (χ1v) is 7.52. The highest BCUT2D eigenvalue weighted by Gasteiger charge is 2.22. The smallest absolute Gasteiger partial charge is 0.341 e. The molecule has 0 saturated heterocycles. The molecule has 0 unspecified atom stereocenters. The van der Waals surface area contributed by atoms with E-state index in [1.165, 1.54) is 20.1 Å². The number of nitro benzene ring substituents is 1. The molecule has 142 valence electrons. The lowest BCUT2D eigenvalue weighted by atomic mass is 10.2. The Morgan fingerprint density at radius 1 is 1.15 bits per heavy atom. The van der Waals surface area contributed by atoms with E-state index in [-0.39, 0.29) is 11.4 Å². The van der Waals surface area contributed by atoms with Crippen molar-refractivity contribution in [3.05, 3.63) is 63.7 Å². The fourth-order valence-corrected chi connectivity index (χ4v) is 2.04. The molecule has 0 spiro atoms. The number of nitro groups is 1. The van der Waals surface area contributed by atoms with E-state index in [0.29, 0.717) is 0 Å². The van der Waals surface area contributed by atoms with Crippen molar-refractivity contribution in [1.29, 1.82) is 0 Å². The van der Waals surface area contributed by atoms with Crippen LogP contribution in [0.25, 0.3) is 0 Å². The summed E-state index contributed by atoms with van der Waals surface area (Å²) in [6.07, 6.45) is -1.34. The minimum absolute atomic E-state index is 0.0633. The second-order valence-corrected chi connectivity index (χ2v) is 5.31. The number of rotatable bonds is 6. The Balaban J connectivity index is 2.06. The molecule has 0 bridgehead atoms. The highest BCUT2D eigenvalue weighted by Crippen LogP contribution is 2.22. The predicted octanol–water partition coefficient (Wildman–Crippen LogP) is 3.07. The first kappa shape index (κ1) is 19.8. The summed E-state index contributed by atoms with van der Waals surface area (Å²) >= 11 is 0. The van der Waals surface area contributed by atoms with Crippen LogP contribution in [0.1, 0.15) is 17.3 Å². The van der Waals surface area contributed by atoms with E-state index in [1.54, 1.807) is 0 Å². The van der Waals surface area contributed by atoms with Crippen LogP contribution in [0.5, 0.6) is 5.75 Å². The third-order valence-corrected chi connectivity index (χ3v) is 3.46. The Kier molecular flexibility index (Phi) is 6.01. The molecule has 0 saturated carbocycles. The largest absolute Gasteiger partial charge is 0.497 e. The Bertz CT molecular complexity index is 903. The number of methoxy groups -OCH3 is 1. The predicted molar refractivity (Wildman–Crippen MR) is 89.5 cm³/mol. The first-order chi connectivity index (χ1) is 12.7. The number of hydrogen-bond donors (Lipinski definition) is 1. The van der Waals surface area contributed by atoms with Crippen LogP contribution in [0, 0.1) is 21.7 Å². The van der Waals surface area contributed by atoms with Gasteiger partial charge in [-0.15, -0.1) is 0 Å². The molecule has 10 heteroatoms. The zero-order chi connectivity index (χ0) is 20.1. The molecular weight excluding hydrogens is 366 g/mol. The fraction of sp³-hybridized carbons (Fsp3) is 0.176. The molecule has 0 aliphatic carbocycles. The zero-order valence-corrected chi connectivity index (χ0v) is 14.2. The van der Waals surface area contributed by atoms with E-state index in [2.05, 4.69) is 5.32 Å². The van der Waals surface area contributed by atoms with Crippen molar-refractivity contribution in [2.75, 3.05) is 12.4 Å². The van der Waals surface area contributed by atoms with Gasteiger partial charge in [0.05, 0.1) is 17.6 Å². The Morgan fingerprint density at radius 2 is 1.85 bits per heavy atom. The van der Waals surface area contributed by atoms with Crippen molar-refractivity contribution in [2.24, 2.45) is 0 Å². The summed E-state index contributed by atoms with van der Waals surface area (Å²) in [4.78, 5) is 33.8. The van der Waals surface area contributed by atoms with Gasteiger partial charge in [-0.25, -0.2) is 9.18 Å². The molecule has 0 fully saturated rings. The lowest BCUT2D eigenvalue weighted by molar-refractivity contribution is -0.387. The molecule has 1 N–H and O–H groups in total. The van der Waals surface area contributed by atoms with Gasteiger partial charge in [-0.05, 0) is 31.2 Å². The van der Waals surface area contributed by atoms with Gasteiger partial charge in [0.1, 0.15) is 11.6 Å². The fourth-order valence-electron chi connectivity index (χ4n) is 2.04. The van der Waals surface area contributed by atoms with Gasteiger partial charge in [0, 0.05) is 17.8 Å². The maximum Gasteiger partial charge on any atom is 0.341 e. The maximum atomic E-state index is 13.9. The minimum Gasteiger partial charge on any atom is -0.497 e. The lowest BCUT2D eigenvalue weighted by Gasteiger charge is -2.14. The van der Waals surface area contributed by atoms with Crippen molar-refractivity contribution >= 4 is 23.3 Å². The maximum absolute atomic E-state index is 13.9. The van der Waals surface area contributed by atoms with Gasteiger partial charge in [0.15, 0.2) is 6.10 Å². The van der Waals surface area contributed by atoms with Crippen molar-refractivity contribution in [3.63, 3.8) is 0 Å². The summed E-state index contributed by atoms with van der Waals surface area (Å²) in [6.45, 7) is 1.23. The summed E-state index contributed by atoms with van der Waals surface area (Å²) in [5.41, 5.74) is -1.28. The number of amides is 1. The molecule has 0 aliphatic heterocycles. The van der Waals surface area contributed by atoms with E-state index in [4.69, 9.17) is 9.47 Å². The van der Waals surface area contributed by atoms with E-state index < -0.39 is 45.8 Å². The summed E-state index contributed by atoms with van der Waals surface area (Å²) < 4.78 is 36.9. The summed E-state index contributed by atoms with van der Waals surface area (Å²) in [5, 5.41) is 13.0.